The Morgan fingerprint density at radius 1 is 1.41 bits per heavy atom. The fourth-order valence-corrected chi connectivity index (χ4v) is 2.76. The highest BCUT2D eigenvalue weighted by Gasteiger charge is 2.25. The maximum atomic E-state index is 12.2. The predicted octanol–water partition coefficient (Wildman–Crippen LogP) is 2.85. The van der Waals surface area contributed by atoms with E-state index >= 15 is 0 Å². The lowest BCUT2D eigenvalue weighted by Crippen LogP contribution is -2.28. The summed E-state index contributed by atoms with van der Waals surface area (Å²) < 4.78 is 1.81. The van der Waals surface area contributed by atoms with Gasteiger partial charge in [0.15, 0.2) is 0 Å². The molecule has 1 atom stereocenters. The van der Waals surface area contributed by atoms with Gasteiger partial charge in [0.25, 0.3) is 0 Å². The lowest BCUT2D eigenvalue weighted by Gasteiger charge is -2.12. The molecule has 0 bridgehead atoms. The molecule has 0 saturated heterocycles. The molecule has 1 aromatic heterocycles. The fourth-order valence-electron chi connectivity index (χ4n) is 2.76. The highest BCUT2D eigenvalue weighted by molar-refractivity contribution is 5.95. The van der Waals surface area contributed by atoms with E-state index in [-0.39, 0.29) is 5.91 Å². The summed E-state index contributed by atoms with van der Waals surface area (Å²) in [6.45, 7) is 6.31. The van der Waals surface area contributed by atoms with E-state index in [9.17, 15) is 9.59 Å². The van der Waals surface area contributed by atoms with Gasteiger partial charge in [-0.25, -0.2) is 0 Å². The molecule has 2 amide bonds. The van der Waals surface area contributed by atoms with E-state index in [4.69, 9.17) is 0 Å². The summed E-state index contributed by atoms with van der Waals surface area (Å²) in [5, 5.41) is 7.79. The topological polar surface area (TPSA) is 64.0 Å². The lowest BCUT2D eigenvalue weighted by molar-refractivity contribution is -0.126. The Morgan fingerprint density at radius 2 is 2.14 bits per heavy atom. The Hall–Kier alpha value is -2.17. The number of amides is 2. The average Bonchev–Trinajstić information content (AvgIpc) is 2.81. The summed E-state index contributed by atoms with van der Waals surface area (Å²) in [6.07, 6.45) is 1.95. The summed E-state index contributed by atoms with van der Waals surface area (Å²) in [5.74, 6) is -0.249. The van der Waals surface area contributed by atoms with E-state index in [1.807, 2.05) is 24.7 Å². The number of aryl methyl sites for hydroxylation is 1. The van der Waals surface area contributed by atoms with E-state index in [1.165, 1.54) is 5.56 Å². The van der Waals surface area contributed by atoms with Gasteiger partial charge < -0.3 is 0 Å². The van der Waals surface area contributed by atoms with E-state index in [2.05, 4.69) is 36.4 Å². The third-order valence-corrected chi connectivity index (χ3v) is 4.00. The van der Waals surface area contributed by atoms with Crippen molar-refractivity contribution < 1.29 is 9.59 Å². The van der Waals surface area contributed by atoms with Crippen molar-refractivity contribution in [1.29, 1.82) is 0 Å². The molecular weight excluding hydrogens is 278 g/mol. The van der Waals surface area contributed by atoms with Gasteiger partial charge in [-0.2, -0.15) is 5.10 Å². The maximum Gasteiger partial charge on any atom is 0.235 e. The number of carbonyl (C=O) groups is 2. The van der Waals surface area contributed by atoms with Crippen LogP contribution < -0.4 is 5.32 Å². The molecule has 22 heavy (non-hydrogen) atoms. The number of benzene rings is 1. The first-order chi connectivity index (χ1) is 10.5. The van der Waals surface area contributed by atoms with Crippen LogP contribution in [0.4, 0.5) is 0 Å². The molecule has 2 rings (SSSR count). The highest BCUT2D eigenvalue weighted by atomic mass is 16.2. The van der Waals surface area contributed by atoms with Gasteiger partial charge in [0, 0.05) is 12.4 Å². The largest absolute Gasteiger partial charge is 0.299 e. The van der Waals surface area contributed by atoms with Crippen molar-refractivity contribution in [2.75, 3.05) is 0 Å². The molecule has 5 heteroatoms. The zero-order valence-corrected chi connectivity index (χ0v) is 13.6. The Bertz CT molecular complexity index is 689. The standard InChI is InChI=1S/C17H23N3O2/c1-5-6-14(17(22)18-10-21)16-13-8-7-12(11(2)3)9-15(13)20(4)19-16/h7-11,14H,5-6H2,1-4H3,(H,18,21,22). The third kappa shape index (κ3) is 3.03. The van der Waals surface area contributed by atoms with Gasteiger partial charge in [0.1, 0.15) is 0 Å². The molecule has 0 aliphatic carbocycles. The molecule has 1 heterocycles. The van der Waals surface area contributed by atoms with E-state index in [1.54, 1.807) is 0 Å². The second-order valence-corrected chi connectivity index (χ2v) is 5.91. The van der Waals surface area contributed by atoms with Crippen LogP contribution in [-0.4, -0.2) is 22.1 Å². The maximum absolute atomic E-state index is 12.2. The van der Waals surface area contributed by atoms with Crippen molar-refractivity contribution in [3.8, 4) is 0 Å². The van der Waals surface area contributed by atoms with Gasteiger partial charge >= 0.3 is 0 Å². The van der Waals surface area contributed by atoms with Crippen LogP contribution >= 0.6 is 0 Å². The van der Waals surface area contributed by atoms with Crippen LogP contribution in [-0.2, 0) is 16.6 Å². The minimum Gasteiger partial charge on any atom is -0.299 e. The van der Waals surface area contributed by atoms with Crippen LogP contribution in [0.25, 0.3) is 10.9 Å². The van der Waals surface area contributed by atoms with Crippen molar-refractivity contribution in [3.05, 3.63) is 29.5 Å². The number of aromatic nitrogens is 2. The van der Waals surface area contributed by atoms with Crippen molar-refractivity contribution in [1.82, 2.24) is 15.1 Å². The second-order valence-electron chi connectivity index (χ2n) is 5.91. The minimum atomic E-state index is -0.399. The average molecular weight is 301 g/mol. The Balaban J connectivity index is 2.53. The van der Waals surface area contributed by atoms with Crippen LogP contribution in [0.15, 0.2) is 18.2 Å². The SMILES string of the molecule is CCCC(C(=O)NC=O)c1nn(C)c2cc(C(C)C)ccc12. The molecule has 2 aromatic rings. The third-order valence-electron chi connectivity index (χ3n) is 4.00. The minimum absolute atomic E-state index is 0.287. The van der Waals surface area contributed by atoms with Gasteiger partial charge in [-0.1, -0.05) is 39.3 Å². The molecule has 1 unspecified atom stereocenters. The van der Waals surface area contributed by atoms with Crippen LogP contribution in [0.2, 0.25) is 0 Å². The first-order valence-electron chi connectivity index (χ1n) is 7.70. The number of hydrogen-bond acceptors (Lipinski definition) is 3. The summed E-state index contributed by atoms with van der Waals surface area (Å²) in [7, 11) is 1.89. The zero-order chi connectivity index (χ0) is 16.3. The summed E-state index contributed by atoms with van der Waals surface area (Å²) >= 11 is 0. The van der Waals surface area contributed by atoms with Gasteiger partial charge in [-0.3, -0.25) is 19.6 Å². The van der Waals surface area contributed by atoms with Gasteiger partial charge in [0.2, 0.25) is 12.3 Å². The van der Waals surface area contributed by atoms with Crippen LogP contribution in [0.3, 0.4) is 0 Å². The smallest absolute Gasteiger partial charge is 0.235 e. The number of nitrogens with zero attached hydrogens (tertiary/aromatic N) is 2. The van der Waals surface area contributed by atoms with Crippen molar-refractivity contribution >= 4 is 23.2 Å². The molecular formula is C17H23N3O2. The Labute approximate surface area is 130 Å². The monoisotopic (exact) mass is 301 g/mol. The Kier molecular flexibility index (Phi) is 4.96. The molecule has 5 nitrogen and oxygen atoms in total. The van der Waals surface area contributed by atoms with Crippen molar-refractivity contribution in [3.63, 3.8) is 0 Å². The number of fused-ring (bicyclic) bond motifs is 1. The molecule has 1 N–H and O–H groups in total. The molecule has 118 valence electrons. The number of carbonyl (C=O) groups excluding carboxylic acids is 2. The van der Waals surface area contributed by atoms with E-state index in [0.717, 1.165) is 23.0 Å². The second kappa shape index (κ2) is 6.73. The Morgan fingerprint density at radius 3 is 2.73 bits per heavy atom. The van der Waals surface area contributed by atoms with Gasteiger partial charge in [-0.05, 0) is 24.0 Å². The number of rotatable bonds is 6. The fraction of sp³-hybridized carbons (Fsp3) is 0.471. The first kappa shape index (κ1) is 16.2. The molecule has 0 radical (unpaired) electrons. The van der Waals surface area contributed by atoms with Crippen LogP contribution in [0, 0.1) is 0 Å². The molecule has 0 fully saturated rings. The normalized spacial score (nSPS) is 12.6. The first-order valence-corrected chi connectivity index (χ1v) is 7.70. The van der Waals surface area contributed by atoms with E-state index < -0.39 is 5.92 Å². The van der Waals surface area contributed by atoms with E-state index in [0.29, 0.717) is 18.7 Å². The summed E-state index contributed by atoms with van der Waals surface area (Å²) in [4.78, 5) is 22.8. The van der Waals surface area contributed by atoms with Crippen LogP contribution in [0.1, 0.15) is 56.7 Å². The molecule has 0 aliphatic rings. The van der Waals surface area contributed by atoms with Crippen molar-refractivity contribution in [2.24, 2.45) is 7.05 Å². The van der Waals surface area contributed by atoms with Crippen molar-refractivity contribution in [2.45, 2.75) is 45.4 Å². The lowest BCUT2D eigenvalue weighted by atomic mass is 9.94. The molecule has 1 aromatic carbocycles. The number of imide groups is 1. The number of hydrogen-bond donors (Lipinski definition) is 1. The summed E-state index contributed by atoms with van der Waals surface area (Å²) in [5.41, 5.74) is 3.00. The molecule has 0 spiro atoms. The van der Waals surface area contributed by atoms with Gasteiger partial charge in [-0.15, -0.1) is 0 Å². The highest BCUT2D eigenvalue weighted by Crippen LogP contribution is 2.30. The molecule has 0 saturated carbocycles. The number of nitrogens with one attached hydrogen (secondary N) is 1. The quantitative estimate of drug-likeness (QED) is 0.834. The van der Waals surface area contributed by atoms with Gasteiger partial charge in [0.05, 0.1) is 17.1 Å². The predicted molar refractivity (Wildman–Crippen MR) is 86.7 cm³/mol. The molecule has 0 aliphatic heterocycles. The zero-order valence-electron chi connectivity index (χ0n) is 13.6. The summed E-state index contributed by atoms with van der Waals surface area (Å²) in [6, 6.07) is 6.24. The van der Waals surface area contributed by atoms with Crippen LogP contribution in [0.5, 0.6) is 0 Å².